The standard InChI is InChI=1S/C20H29N5S/c1-16-23-18(15-26-16)14-24(3)20(21-2)22-13-19(25-11-7-8-12-25)17-9-5-4-6-10-17/h4-6,9-10,15,19H,7-8,11-14H2,1-3H3,(H,21,22). The second-order valence-electron chi connectivity index (χ2n) is 6.81. The minimum atomic E-state index is 0.380. The van der Waals surface area contributed by atoms with Gasteiger partial charge in [0.2, 0.25) is 0 Å². The third kappa shape index (κ3) is 4.83. The number of aryl methyl sites for hydroxylation is 1. The highest BCUT2D eigenvalue weighted by atomic mass is 32.1. The summed E-state index contributed by atoms with van der Waals surface area (Å²) in [5.41, 5.74) is 2.47. The molecule has 0 aliphatic carbocycles. The molecule has 1 saturated heterocycles. The number of guanidine groups is 1. The lowest BCUT2D eigenvalue weighted by atomic mass is 10.1. The normalized spacial score (nSPS) is 16.7. The van der Waals surface area contributed by atoms with Gasteiger partial charge in [0.15, 0.2) is 5.96 Å². The number of nitrogens with zero attached hydrogens (tertiary/aromatic N) is 4. The topological polar surface area (TPSA) is 43.8 Å². The first-order valence-corrected chi connectivity index (χ1v) is 10.2. The summed E-state index contributed by atoms with van der Waals surface area (Å²) in [6.07, 6.45) is 2.59. The summed E-state index contributed by atoms with van der Waals surface area (Å²) in [6.45, 7) is 6.02. The van der Waals surface area contributed by atoms with E-state index in [-0.39, 0.29) is 0 Å². The molecule has 26 heavy (non-hydrogen) atoms. The molecule has 0 saturated carbocycles. The molecule has 140 valence electrons. The van der Waals surface area contributed by atoms with Crippen LogP contribution in [0.2, 0.25) is 0 Å². The van der Waals surface area contributed by atoms with Gasteiger partial charge in [0, 0.05) is 26.0 Å². The van der Waals surface area contributed by atoms with Crippen molar-refractivity contribution in [3.63, 3.8) is 0 Å². The fourth-order valence-corrected chi connectivity index (χ4v) is 4.16. The molecule has 1 aliphatic heterocycles. The molecule has 2 heterocycles. The maximum absolute atomic E-state index is 4.56. The van der Waals surface area contributed by atoms with Crippen LogP contribution in [0.3, 0.4) is 0 Å². The third-order valence-corrected chi connectivity index (χ3v) is 5.68. The minimum Gasteiger partial charge on any atom is -0.354 e. The van der Waals surface area contributed by atoms with Crippen LogP contribution >= 0.6 is 11.3 Å². The Balaban J connectivity index is 1.64. The zero-order chi connectivity index (χ0) is 18.4. The second-order valence-corrected chi connectivity index (χ2v) is 7.87. The van der Waals surface area contributed by atoms with Crippen molar-refractivity contribution in [2.24, 2.45) is 4.99 Å². The molecule has 1 N–H and O–H groups in total. The van der Waals surface area contributed by atoms with Crippen LogP contribution in [0.4, 0.5) is 0 Å². The number of aliphatic imine (C=N–C) groups is 1. The SMILES string of the molecule is CN=C(NCC(c1ccccc1)N1CCCC1)N(C)Cc1csc(C)n1. The van der Waals surface area contributed by atoms with E-state index in [1.165, 1.54) is 31.5 Å². The van der Waals surface area contributed by atoms with Crippen LogP contribution in [0.25, 0.3) is 0 Å². The van der Waals surface area contributed by atoms with Gasteiger partial charge in [-0.25, -0.2) is 4.98 Å². The Morgan fingerprint density at radius 1 is 1.31 bits per heavy atom. The van der Waals surface area contributed by atoms with E-state index in [0.29, 0.717) is 6.04 Å². The summed E-state index contributed by atoms with van der Waals surface area (Å²) in [5.74, 6) is 0.913. The van der Waals surface area contributed by atoms with E-state index in [2.05, 4.69) is 67.9 Å². The molecule has 1 aliphatic rings. The average Bonchev–Trinajstić information content (AvgIpc) is 3.31. The third-order valence-electron chi connectivity index (χ3n) is 4.86. The van der Waals surface area contributed by atoms with Crippen LogP contribution in [0.1, 0.15) is 35.1 Å². The second kappa shape index (κ2) is 9.14. The van der Waals surface area contributed by atoms with Crippen molar-refractivity contribution < 1.29 is 0 Å². The van der Waals surface area contributed by atoms with Crippen LogP contribution in [0, 0.1) is 6.92 Å². The maximum Gasteiger partial charge on any atom is 0.193 e. The molecular weight excluding hydrogens is 342 g/mol. The number of likely N-dealkylation sites (tertiary alicyclic amines) is 1. The summed E-state index contributed by atoms with van der Waals surface area (Å²) >= 11 is 1.69. The molecule has 1 aromatic carbocycles. The number of nitrogens with one attached hydrogen (secondary N) is 1. The summed E-state index contributed by atoms with van der Waals surface area (Å²) in [7, 11) is 3.91. The highest BCUT2D eigenvalue weighted by molar-refractivity contribution is 7.09. The van der Waals surface area contributed by atoms with E-state index < -0.39 is 0 Å². The molecule has 3 rings (SSSR count). The zero-order valence-corrected chi connectivity index (χ0v) is 16.8. The van der Waals surface area contributed by atoms with Crippen molar-refractivity contribution >= 4 is 17.3 Å². The molecule has 0 bridgehead atoms. The Bertz CT molecular complexity index is 706. The van der Waals surface area contributed by atoms with Crippen molar-refractivity contribution in [2.45, 2.75) is 32.4 Å². The molecule has 0 spiro atoms. The van der Waals surface area contributed by atoms with Gasteiger partial charge in [-0.1, -0.05) is 30.3 Å². The Kier molecular flexibility index (Phi) is 6.63. The number of rotatable bonds is 6. The van der Waals surface area contributed by atoms with Crippen molar-refractivity contribution in [2.75, 3.05) is 33.7 Å². The van der Waals surface area contributed by atoms with Gasteiger partial charge in [-0.2, -0.15) is 0 Å². The van der Waals surface area contributed by atoms with Gasteiger partial charge in [0.05, 0.1) is 23.3 Å². The minimum absolute atomic E-state index is 0.380. The average molecular weight is 372 g/mol. The van der Waals surface area contributed by atoms with Gasteiger partial charge < -0.3 is 10.2 Å². The van der Waals surface area contributed by atoms with Gasteiger partial charge in [-0.05, 0) is 38.4 Å². The fourth-order valence-electron chi connectivity index (χ4n) is 3.56. The van der Waals surface area contributed by atoms with Gasteiger partial charge in [-0.3, -0.25) is 9.89 Å². The van der Waals surface area contributed by atoms with E-state index >= 15 is 0 Å². The monoisotopic (exact) mass is 371 g/mol. The molecule has 6 heteroatoms. The molecule has 1 atom stereocenters. The quantitative estimate of drug-likeness (QED) is 0.625. The lowest BCUT2D eigenvalue weighted by Crippen LogP contribution is -2.43. The molecule has 1 unspecified atom stereocenters. The van der Waals surface area contributed by atoms with E-state index in [1.807, 2.05) is 14.0 Å². The van der Waals surface area contributed by atoms with E-state index in [4.69, 9.17) is 0 Å². The Morgan fingerprint density at radius 2 is 2.04 bits per heavy atom. The highest BCUT2D eigenvalue weighted by Crippen LogP contribution is 2.24. The zero-order valence-electron chi connectivity index (χ0n) is 16.0. The van der Waals surface area contributed by atoms with Crippen LogP contribution < -0.4 is 5.32 Å². The Morgan fingerprint density at radius 3 is 2.65 bits per heavy atom. The van der Waals surface area contributed by atoms with Crippen LogP contribution in [-0.2, 0) is 6.54 Å². The first-order chi connectivity index (χ1) is 12.7. The summed E-state index contributed by atoms with van der Waals surface area (Å²) in [4.78, 5) is 13.8. The molecule has 5 nitrogen and oxygen atoms in total. The van der Waals surface area contributed by atoms with Gasteiger partial charge >= 0.3 is 0 Å². The molecular formula is C20H29N5S. The number of benzene rings is 1. The lowest BCUT2D eigenvalue weighted by molar-refractivity contribution is 0.244. The smallest absolute Gasteiger partial charge is 0.193 e. The highest BCUT2D eigenvalue weighted by Gasteiger charge is 2.24. The summed E-state index contributed by atoms with van der Waals surface area (Å²) < 4.78 is 0. The predicted octanol–water partition coefficient (Wildman–Crippen LogP) is 3.30. The van der Waals surface area contributed by atoms with Crippen LogP contribution in [-0.4, -0.2) is 54.5 Å². The molecule has 0 amide bonds. The summed E-state index contributed by atoms with van der Waals surface area (Å²) in [6, 6.07) is 11.2. The number of aromatic nitrogens is 1. The molecule has 0 radical (unpaired) electrons. The van der Waals surface area contributed by atoms with E-state index in [9.17, 15) is 0 Å². The number of hydrogen-bond donors (Lipinski definition) is 1. The van der Waals surface area contributed by atoms with E-state index in [1.54, 1.807) is 11.3 Å². The number of hydrogen-bond acceptors (Lipinski definition) is 4. The first kappa shape index (κ1) is 18.9. The fraction of sp³-hybridized carbons (Fsp3) is 0.500. The van der Waals surface area contributed by atoms with Crippen LogP contribution in [0.15, 0.2) is 40.7 Å². The Hall–Kier alpha value is -1.92. The predicted molar refractivity (Wildman–Crippen MR) is 110 cm³/mol. The molecule has 2 aromatic rings. The van der Waals surface area contributed by atoms with Crippen molar-refractivity contribution in [3.05, 3.63) is 52.0 Å². The van der Waals surface area contributed by atoms with Gasteiger partial charge in [0.25, 0.3) is 0 Å². The summed E-state index contributed by atoms with van der Waals surface area (Å²) in [5, 5.41) is 6.81. The largest absolute Gasteiger partial charge is 0.354 e. The van der Waals surface area contributed by atoms with E-state index in [0.717, 1.165) is 29.8 Å². The molecule has 1 fully saturated rings. The van der Waals surface area contributed by atoms with Crippen LogP contribution in [0.5, 0.6) is 0 Å². The maximum atomic E-state index is 4.56. The van der Waals surface area contributed by atoms with Gasteiger partial charge in [0.1, 0.15) is 0 Å². The van der Waals surface area contributed by atoms with Crippen molar-refractivity contribution in [3.8, 4) is 0 Å². The van der Waals surface area contributed by atoms with Crippen molar-refractivity contribution in [1.29, 1.82) is 0 Å². The van der Waals surface area contributed by atoms with Crippen molar-refractivity contribution in [1.82, 2.24) is 20.1 Å². The lowest BCUT2D eigenvalue weighted by Gasteiger charge is -2.30. The Labute approximate surface area is 160 Å². The first-order valence-electron chi connectivity index (χ1n) is 9.29. The van der Waals surface area contributed by atoms with Gasteiger partial charge in [-0.15, -0.1) is 11.3 Å². The molecule has 1 aromatic heterocycles. The number of thiazole rings is 1.